The van der Waals surface area contributed by atoms with E-state index in [1.807, 2.05) is 0 Å². The van der Waals surface area contributed by atoms with Gasteiger partial charge in [0.25, 0.3) is 0 Å². The maximum atomic E-state index is 5.74. The van der Waals surface area contributed by atoms with E-state index in [1.165, 1.54) is 0 Å². The minimum absolute atomic E-state index is 0.335. The van der Waals surface area contributed by atoms with Gasteiger partial charge in [0, 0.05) is 6.20 Å². The monoisotopic (exact) mass is 183 g/mol. The summed E-state index contributed by atoms with van der Waals surface area (Å²) < 4.78 is 0. The summed E-state index contributed by atoms with van der Waals surface area (Å²) in [6, 6.07) is 2.08. The Kier molecular flexibility index (Phi) is 1.90. The standard InChI is InChI=1S/C8H10ClN3/c9-5-3-6(10)8(12-4-5)7-1-2-11-7/h3-4,7,11H,1-2,10H2/t7-/m1/s1. The summed E-state index contributed by atoms with van der Waals surface area (Å²) >= 11 is 5.72. The normalized spacial score (nSPS) is 21.9. The Labute approximate surface area is 75.9 Å². The SMILES string of the molecule is Nc1cc(Cl)cnc1[C@H]1CCN1. The van der Waals surface area contributed by atoms with Crippen molar-refractivity contribution >= 4 is 17.3 Å². The molecule has 12 heavy (non-hydrogen) atoms. The first kappa shape index (κ1) is 7.83. The lowest BCUT2D eigenvalue weighted by atomic mass is 10.0. The molecule has 0 unspecified atom stereocenters. The number of rotatable bonds is 1. The summed E-state index contributed by atoms with van der Waals surface area (Å²) in [7, 11) is 0. The summed E-state index contributed by atoms with van der Waals surface area (Å²) in [5, 5.41) is 3.83. The number of pyridine rings is 1. The molecule has 1 aliphatic heterocycles. The van der Waals surface area contributed by atoms with Gasteiger partial charge in [0.1, 0.15) is 0 Å². The Bertz CT molecular complexity index is 296. The number of hydrogen-bond acceptors (Lipinski definition) is 3. The molecule has 0 amide bonds. The predicted octanol–water partition coefficient (Wildman–Crippen LogP) is 1.35. The van der Waals surface area contributed by atoms with Crippen molar-refractivity contribution in [3.8, 4) is 0 Å². The van der Waals surface area contributed by atoms with Gasteiger partial charge in [0.15, 0.2) is 0 Å². The van der Waals surface area contributed by atoms with Gasteiger partial charge in [-0.25, -0.2) is 0 Å². The topological polar surface area (TPSA) is 50.9 Å². The van der Waals surface area contributed by atoms with Gasteiger partial charge < -0.3 is 11.1 Å². The molecule has 0 saturated carbocycles. The van der Waals surface area contributed by atoms with E-state index in [-0.39, 0.29) is 0 Å². The van der Waals surface area contributed by atoms with Gasteiger partial charge in [0.2, 0.25) is 0 Å². The van der Waals surface area contributed by atoms with Crippen molar-refractivity contribution in [1.82, 2.24) is 10.3 Å². The largest absolute Gasteiger partial charge is 0.397 e. The maximum Gasteiger partial charge on any atom is 0.0803 e. The number of nitrogen functional groups attached to an aromatic ring is 1. The highest BCUT2D eigenvalue weighted by molar-refractivity contribution is 6.30. The summed E-state index contributed by atoms with van der Waals surface area (Å²) in [5.41, 5.74) is 7.35. The van der Waals surface area contributed by atoms with Gasteiger partial charge in [0.05, 0.1) is 22.4 Å². The molecule has 3 nitrogen and oxygen atoms in total. The zero-order valence-electron chi connectivity index (χ0n) is 6.55. The van der Waals surface area contributed by atoms with Crippen molar-refractivity contribution in [1.29, 1.82) is 0 Å². The van der Waals surface area contributed by atoms with Crippen molar-refractivity contribution in [2.45, 2.75) is 12.5 Å². The van der Waals surface area contributed by atoms with E-state index in [4.69, 9.17) is 17.3 Å². The lowest BCUT2D eigenvalue weighted by molar-refractivity contribution is 0.376. The Morgan fingerprint density at radius 3 is 2.92 bits per heavy atom. The van der Waals surface area contributed by atoms with E-state index in [0.29, 0.717) is 16.8 Å². The molecule has 2 heterocycles. The molecule has 0 aromatic carbocycles. The molecule has 3 N–H and O–H groups in total. The number of nitrogens with one attached hydrogen (secondary N) is 1. The van der Waals surface area contributed by atoms with Crippen LogP contribution in [0.3, 0.4) is 0 Å². The van der Waals surface area contributed by atoms with Crippen LogP contribution in [0.15, 0.2) is 12.3 Å². The third-order valence-electron chi connectivity index (χ3n) is 2.07. The Morgan fingerprint density at radius 1 is 1.67 bits per heavy atom. The van der Waals surface area contributed by atoms with Crippen LogP contribution in [0.5, 0.6) is 0 Å². The second-order valence-electron chi connectivity index (χ2n) is 2.92. The van der Waals surface area contributed by atoms with Crippen molar-refractivity contribution < 1.29 is 0 Å². The number of anilines is 1. The molecule has 0 radical (unpaired) electrons. The fourth-order valence-corrected chi connectivity index (χ4v) is 1.45. The molecule has 0 spiro atoms. The van der Waals surface area contributed by atoms with Crippen molar-refractivity contribution in [3.05, 3.63) is 23.0 Å². The van der Waals surface area contributed by atoms with E-state index in [9.17, 15) is 0 Å². The number of nitrogens with two attached hydrogens (primary N) is 1. The van der Waals surface area contributed by atoms with Crippen LogP contribution in [-0.2, 0) is 0 Å². The average molecular weight is 184 g/mol. The first-order valence-electron chi connectivity index (χ1n) is 3.91. The van der Waals surface area contributed by atoms with Gasteiger partial charge >= 0.3 is 0 Å². The van der Waals surface area contributed by atoms with E-state index >= 15 is 0 Å². The molecule has 0 aliphatic carbocycles. The lowest BCUT2D eigenvalue weighted by Crippen LogP contribution is -2.36. The smallest absolute Gasteiger partial charge is 0.0803 e. The second-order valence-corrected chi connectivity index (χ2v) is 3.36. The van der Waals surface area contributed by atoms with Crippen LogP contribution in [0.2, 0.25) is 5.02 Å². The molecule has 1 atom stereocenters. The van der Waals surface area contributed by atoms with Crippen LogP contribution in [0.25, 0.3) is 0 Å². The molecule has 1 aliphatic rings. The second kappa shape index (κ2) is 2.92. The van der Waals surface area contributed by atoms with Crippen LogP contribution in [0.4, 0.5) is 5.69 Å². The van der Waals surface area contributed by atoms with Crippen LogP contribution in [0, 0.1) is 0 Å². The third kappa shape index (κ3) is 1.26. The average Bonchev–Trinajstić information content (AvgIpc) is 1.91. The highest BCUT2D eigenvalue weighted by Gasteiger charge is 2.21. The molecule has 1 saturated heterocycles. The summed E-state index contributed by atoms with van der Waals surface area (Å²) in [6.45, 7) is 1.05. The molecule has 4 heteroatoms. The number of nitrogens with zero attached hydrogens (tertiary/aromatic N) is 1. The first-order valence-corrected chi connectivity index (χ1v) is 4.29. The fraction of sp³-hybridized carbons (Fsp3) is 0.375. The number of halogens is 1. The van der Waals surface area contributed by atoms with Crippen LogP contribution in [0.1, 0.15) is 18.2 Å². The van der Waals surface area contributed by atoms with Gasteiger partial charge in [-0.05, 0) is 19.0 Å². The predicted molar refractivity (Wildman–Crippen MR) is 49.0 cm³/mol. The molecule has 1 aromatic heterocycles. The molecule has 0 bridgehead atoms. The third-order valence-corrected chi connectivity index (χ3v) is 2.28. The minimum Gasteiger partial charge on any atom is -0.397 e. The molecular formula is C8H10ClN3. The summed E-state index contributed by atoms with van der Waals surface area (Å²) in [5.74, 6) is 0. The zero-order chi connectivity index (χ0) is 8.55. The summed E-state index contributed by atoms with van der Waals surface area (Å²) in [4.78, 5) is 4.18. The van der Waals surface area contributed by atoms with Crippen molar-refractivity contribution in [3.63, 3.8) is 0 Å². The molecular weight excluding hydrogens is 174 g/mol. The van der Waals surface area contributed by atoms with E-state index in [1.54, 1.807) is 12.3 Å². The molecule has 1 fully saturated rings. The van der Waals surface area contributed by atoms with Crippen LogP contribution in [-0.4, -0.2) is 11.5 Å². The van der Waals surface area contributed by atoms with E-state index in [2.05, 4.69) is 10.3 Å². The lowest BCUT2D eigenvalue weighted by Gasteiger charge is -2.27. The van der Waals surface area contributed by atoms with E-state index < -0.39 is 0 Å². The number of aromatic nitrogens is 1. The Hall–Kier alpha value is -0.800. The van der Waals surface area contributed by atoms with Gasteiger partial charge in [-0.15, -0.1) is 0 Å². The Balaban J connectivity index is 2.31. The fourth-order valence-electron chi connectivity index (χ4n) is 1.28. The van der Waals surface area contributed by atoms with Crippen LogP contribution < -0.4 is 11.1 Å². The zero-order valence-corrected chi connectivity index (χ0v) is 7.30. The maximum absolute atomic E-state index is 5.74. The Morgan fingerprint density at radius 2 is 2.42 bits per heavy atom. The van der Waals surface area contributed by atoms with Crippen molar-refractivity contribution in [2.75, 3.05) is 12.3 Å². The van der Waals surface area contributed by atoms with Crippen molar-refractivity contribution in [2.24, 2.45) is 0 Å². The minimum atomic E-state index is 0.335. The first-order chi connectivity index (χ1) is 5.77. The van der Waals surface area contributed by atoms with Gasteiger partial charge in [-0.1, -0.05) is 11.6 Å². The van der Waals surface area contributed by atoms with Gasteiger partial charge in [-0.3, -0.25) is 4.98 Å². The highest BCUT2D eigenvalue weighted by Crippen LogP contribution is 2.26. The van der Waals surface area contributed by atoms with E-state index in [0.717, 1.165) is 18.7 Å². The molecule has 2 rings (SSSR count). The van der Waals surface area contributed by atoms with Crippen LogP contribution >= 0.6 is 11.6 Å². The highest BCUT2D eigenvalue weighted by atomic mass is 35.5. The number of hydrogen-bond donors (Lipinski definition) is 2. The van der Waals surface area contributed by atoms with Gasteiger partial charge in [-0.2, -0.15) is 0 Å². The molecule has 1 aromatic rings. The summed E-state index contributed by atoms with van der Waals surface area (Å²) in [6.07, 6.45) is 2.74. The molecule has 64 valence electrons. The quantitative estimate of drug-likeness (QED) is 0.691.